The van der Waals surface area contributed by atoms with Crippen LogP contribution in [0.15, 0.2) is 35.7 Å². The Labute approximate surface area is 246 Å². The SMILES string of the molecule is CC(C)n1nccc1C1=C(CO)CCCC1.CCOC(=O)C1=C(c2ccnn2C(C)C)CCCC1.[AlH3].[H-].[Li+]. The van der Waals surface area contributed by atoms with Gasteiger partial charge in [0.15, 0.2) is 17.4 Å². The molecule has 0 aliphatic heterocycles. The molecule has 200 valence electrons. The van der Waals surface area contributed by atoms with Crippen molar-refractivity contribution < 1.29 is 34.9 Å². The summed E-state index contributed by atoms with van der Waals surface area (Å²) >= 11 is 0. The molecule has 0 saturated carbocycles. The van der Waals surface area contributed by atoms with Gasteiger partial charge in [0.1, 0.15) is 0 Å². The van der Waals surface area contributed by atoms with E-state index in [1.54, 1.807) is 6.20 Å². The molecule has 2 aromatic heterocycles. The Bertz CT molecular complexity index is 1060. The van der Waals surface area contributed by atoms with Crippen molar-refractivity contribution >= 4 is 34.5 Å². The minimum absolute atomic E-state index is 0. The molecule has 0 aromatic carbocycles. The average molecular weight is 521 g/mol. The normalized spacial score (nSPS) is 15.7. The molecule has 7 nitrogen and oxygen atoms in total. The molecule has 0 amide bonds. The first-order chi connectivity index (χ1) is 16.9. The fourth-order valence-corrected chi connectivity index (χ4v) is 5.01. The summed E-state index contributed by atoms with van der Waals surface area (Å²) < 4.78 is 9.22. The summed E-state index contributed by atoms with van der Waals surface area (Å²) in [6, 6.07) is 4.73. The third-order valence-electron chi connectivity index (χ3n) is 6.70. The van der Waals surface area contributed by atoms with Crippen molar-refractivity contribution in [2.24, 2.45) is 0 Å². The number of ether oxygens (including phenoxy) is 1. The fourth-order valence-electron chi connectivity index (χ4n) is 5.01. The minimum atomic E-state index is -0.159. The second kappa shape index (κ2) is 16.4. The van der Waals surface area contributed by atoms with E-state index in [4.69, 9.17) is 4.74 Å². The number of hydrogen-bond donors (Lipinski definition) is 1. The molecule has 0 unspecified atom stereocenters. The van der Waals surface area contributed by atoms with Gasteiger partial charge in [-0.25, -0.2) is 4.79 Å². The number of hydrogen-bond acceptors (Lipinski definition) is 5. The number of esters is 1. The summed E-state index contributed by atoms with van der Waals surface area (Å²) in [6.07, 6.45) is 12.1. The van der Waals surface area contributed by atoms with Gasteiger partial charge in [-0.15, -0.1) is 0 Å². The number of aromatic nitrogens is 4. The van der Waals surface area contributed by atoms with Crippen LogP contribution in [0.2, 0.25) is 0 Å². The maximum Gasteiger partial charge on any atom is 1.00 e. The summed E-state index contributed by atoms with van der Waals surface area (Å²) in [7, 11) is 0. The second-order valence-electron chi connectivity index (χ2n) is 9.84. The third-order valence-corrected chi connectivity index (χ3v) is 6.70. The van der Waals surface area contributed by atoms with Crippen LogP contribution >= 0.6 is 0 Å². The van der Waals surface area contributed by atoms with Crippen LogP contribution in [0, 0.1) is 0 Å². The molecule has 0 atom stereocenters. The van der Waals surface area contributed by atoms with Crippen LogP contribution in [0.25, 0.3) is 11.1 Å². The monoisotopic (exact) mass is 520 g/mol. The first-order valence-electron chi connectivity index (χ1n) is 13.2. The van der Waals surface area contributed by atoms with E-state index in [9.17, 15) is 9.90 Å². The topological polar surface area (TPSA) is 82.2 Å². The first kappa shape index (κ1) is 33.5. The molecule has 2 aliphatic carbocycles. The summed E-state index contributed by atoms with van der Waals surface area (Å²) in [6.45, 7) is 10.9. The number of rotatable bonds is 7. The van der Waals surface area contributed by atoms with E-state index < -0.39 is 0 Å². The van der Waals surface area contributed by atoms with E-state index in [1.165, 1.54) is 29.7 Å². The van der Waals surface area contributed by atoms with E-state index in [2.05, 4.69) is 48.6 Å². The van der Waals surface area contributed by atoms with E-state index in [0.717, 1.165) is 55.4 Å². The van der Waals surface area contributed by atoms with Gasteiger partial charge >= 0.3 is 24.8 Å². The Balaban J connectivity index is 0.000000675. The number of carbonyl (C=O) groups excluding carboxylic acids is 1. The fraction of sp³-hybridized carbons (Fsp3) is 0.607. The second-order valence-corrected chi connectivity index (χ2v) is 9.84. The van der Waals surface area contributed by atoms with Crippen molar-refractivity contribution in [3.05, 3.63) is 47.1 Å². The van der Waals surface area contributed by atoms with Gasteiger partial charge in [0, 0.05) is 30.1 Å². The van der Waals surface area contributed by atoms with Crippen LogP contribution < -0.4 is 18.9 Å². The van der Waals surface area contributed by atoms with Crippen LogP contribution in [-0.4, -0.2) is 61.2 Å². The molecule has 2 aromatic rings. The van der Waals surface area contributed by atoms with Crippen LogP contribution in [0.5, 0.6) is 0 Å². The number of aliphatic hydroxyl groups is 1. The van der Waals surface area contributed by atoms with Crippen molar-refractivity contribution in [1.29, 1.82) is 0 Å². The number of nitrogens with zero attached hydrogens (tertiary/aromatic N) is 4. The van der Waals surface area contributed by atoms with Gasteiger partial charge in [-0.2, -0.15) is 10.2 Å². The average Bonchev–Trinajstić information content (AvgIpc) is 3.55. The predicted molar refractivity (Wildman–Crippen MR) is 151 cm³/mol. The molecule has 0 radical (unpaired) electrons. The van der Waals surface area contributed by atoms with E-state index in [1.807, 2.05) is 23.9 Å². The molecule has 2 heterocycles. The van der Waals surface area contributed by atoms with Crippen molar-refractivity contribution in [3.63, 3.8) is 0 Å². The molecule has 37 heavy (non-hydrogen) atoms. The first-order valence-corrected chi connectivity index (χ1v) is 13.2. The zero-order valence-electron chi connectivity index (χ0n) is 24.1. The van der Waals surface area contributed by atoms with Gasteiger partial charge in [-0.3, -0.25) is 9.36 Å². The third kappa shape index (κ3) is 8.47. The van der Waals surface area contributed by atoms with E-state index in [0.29, 0.717) is 18.7 Å². The zero-order valence-corrected chi connectivity index (χ0v) is 23.1. The summed E-state index contributed by atoms with van der Waals surface area (Å²) in [5, 5.41) is 18.1. The Morgan fingerprint density at radius 2 is 1.41 bits per heavy atom. The van der Waals surface area contributed by atoms with Crippen molar-refractivity contribution in [3.8, 4) is 0 Å². The molecule has 0 fully saturated rings. The van der Waals surface area contributed by atoms with Gasteiger partial charge in [-0.05, 0) is 115 Å². The zero-order chi connectivity index (χ0) is 25.4. The molecule has 0 spiro atoms. The molecule has 4 rings (SSSR count). The maximum atomic E-state index is 12.1. The molecule has 9 heteroatoms. The Morgan fingerprint density at radius 1 is 0.919 bits per heavy atom. The van der Waals surface area contributed by atoms with Gasteiger partial charge in [0.25, 0.3) is 0 Å². The van der Waals surface area contributed by atoms with Crippen LogP contribution in [0.3, 0.4) is 0 Å². The van der Waals surface area contributed by atoms with Crippen LogP contribution in [0.4, 0.5) is 0 Å². The van der Waals surface area contributed by atoms with Gasteiger partial charge < -0.3 is 11.3 Å². The molecule has 2 aliphatic rings. The predicted octanol–water partition coefficient (Wildman–Crippen LogP) is 2.07. The summed E-state index contributed by atoms with van der Waals surface area (Å²) in [4.78, 5) is 12.1. The van der Waals surface area contributed by atoms with Crippen LogP contribution in [-0.2, 0) is 9.53 Å². The van der Waals surface area contributed by atoms with E-state index >= 15 is 0 Å². The molecule has 1 N–H and O–H groups in total. The van der Waals surface area contributed by atoms with Gasteiger partial charge in [0.2, 0.25) is 0 Å². The molecule has 0 saturated heterocycles. The quantitative estimate of drug-likeness (QED) is 0.447. The standard InChI is InChI=1S/C15H22N2O2.C13H20N2O.Al.Li.4H/c1-4-19-15(18)13-8-6-5-7-12(13)14-9-10-16-17(14)11(2)3;1-10(2)15-13(7-8-14-15)12-6-4-3-5-11(12)9-16;;;;;;/h9-11H,4-8H2,1-3H3;7-8,10,16H,3-6,9H2,1-2H3;;;;;;/q;;;+1;;;;-1. The Kier molecular flexibility index (Phi) is 14.9. The Morgan fingerprint density at radius 3 is 1.92 bits per heavy atom. The van der Waals surface area contributed by atoms with Gasteiger partial charge in [0.05, 0.1) is 24.6 Å². The van der Waals surface area contributed by atoms with Crippen molar-refractivity contribution in [1.82, 2.24) is 19.6 Å². The van der Waals surface area contributed by atoms with Crippen LogP contribution in [0.1, 0.15) is 111 Å². The number of carbonyl (C=O) groups is 1. The Hall–Kier alpha value is -1.54. The minimum Gasteiger partial charge on any atom is -1.00 e. The van der Waals surface area contributed by atoms with Gasteiger partial charge in [-0.1, -0.05) is 0 Å². The molecular weight excluding hydrogens is 474 g/mol. The summed E-state index contributed by atoms with van der Waals surface area (Å²) in [5.74, 6) is -0.159. The largest absolute Gasteiger partial charge is 1.00 e. The van der Waals surface area contributed by atoms with Crippen molar-refractivity contribution in [2.75, 3.05) is 13.2 Å². The number of aliphatic hydroxyl groups excluding tert-OH is 1. The van der Waals surface area contributed by atoms with Crippen molar-refractivity contribution in [2.45, 2.75) is 98.1 Å². The van der Waals surface area contributed by atoms with E-state index in [-0.39, 0.29) is 50.2 Å². The molecule has 0 bridgehead atoms. The summed E-state index contributed by atoms with van der Waals surface area (Å²) in [5.41, 5.74) is 6.75. The maximum absolute atomic E-state index is 12.1. The molecular formula is C28H46AlLiN4O3. The number of allylic oxidation sites excluding steroid dienone is 2. The smallest absolute Gasteiger partial charge is 1.00 e.